The average molecular weight is 304 g/mol. The number of ketones is 1. The Hall–Kier alpha value is -2.83. The zero-order chi connectivity index (χ0) is 16.5. The number of carbonyl (C=O) groups is 3. The van der Waals surface area contributed by atoms with Crippen molar-refractivity contribution in [2.24, 2.45) is 0 Å². The van der Waals surface area contributed by atoms with Crippen LogP contribution >= 0.6 is 0 Å². The van der Waals surface area contributed by atoms with Gasteiger partial charge < -0.3 is 14.8 Å². The molecule has 1 aromatic heterocycles. The van der Waals surface area contributed by atoms with Gasteiger partial charge >= 0.3 is 12.1 Å². The van der Waals surface area contributed by atoms with E-state index >= 15 is 0 Å². The molecule has 0 aliphatic rings. The van der Waals surface area contributed by atoms with Crippen LogP contribution in [0.1, 0.15) is 31.1 Å². The number of fused-ring (bicyclic) bond motifs is 1. The summed E-state index contributed by atoms with van der Waals surface area (Å²) in [4.78, 5) is 36.8. The normalized spacial score (nSPS) is 11.2. The molecule has 7 nitrogen and oxygen atoms in total. The van der Waals surface area contributed by atoms with Crippen LogP contribution in [-0.2, 0) is 9.53 Å². The number of rotatable bonds is 3. The molecule has 0 saturated carbocycles. The van der Waals surface area contributed by atoms with Crippen LogP contribution in [0.2, 0.25) is 0 Å². The number of H-pyrrole nitrogens is 1. The first-order valence-electron chi connectivity index (χ1n) is 6.56. The number of Topliss-reactive ketones (excluding diaryl/α,β-unsaturated/α-hetero) is 1. The van der Waals surface area contributed by atoms with Crippen LogP contribution in [0.4, 0.5) is 10.5 Å². The van der Waals surface area contributed by atoms with Crippen molar-refractivity contribution in [3.8, 4) is 0 Å². The molecule has 0 radical (unpaired) electrons. The van der Waals surface area contributed by atoms with Gasteiger partial charge in [-0.25, -0.2) is 9.59 Å². The summed E-state index contributed by atoms with van der Waals surface area (Å²) in [5, 5.41) is 11.8. The monoisotopic (exact) mass is 304 g/mol. The van der Waals surface area contributed by atoms with Crippen molar-refractivity contribution in [3.63, 3.8) is 0 Å². The Labute approximate surface area is 126 Å². The minimum Gasteiger partial charge on any atom is -0.475 e. The quantitative estimate of drug-likeness (QED) is 0.597. The third-order valence-corrected chi connectivity index (χ3v) is 2.77. The first-order valence-corrected chi connectivity index (χ1v) is 6.56. The smallest absolute Gasteiger partial charge is 0.412 e. The van der Waals surface area contributed by atoms with Crippen molar-refractivity contribution in [2.75, 3.05) is 5.32 Å². The molecule has 2 rings (SSSR count). The maximum Gasteiger partial charge on any atom is 0.412 e. The molecule has 0 spiro atoms. The molecule has 22 heavy (non-hydrogen) atoms. The lowest BCUT2D eigenvalue weighted by molar-refractivity contribution is -0.131. The molecule has 1 amide bonds. The standard InChI is InChI=1S/C15H16N2O5/c1-15(2,3)22-14(21)17-8-4-5-9-10(12(18)13(19)20)7-16-11(9)6-8/h4-7,16H,1-3H3,(H,17,21)(H,19,20). The van der Waals surface area contributed by atoms with Crippen LogP contribution < -0.4 is 5.32 Å². The fourth-order valence-corrected chi connectivity index (χ4v) is 1.93. The Kier molecular flexibility index (Phi) is 3.90. The highest BCUT2D eigenvalue weighted by Gasteiger charge is 2.20. The summed E-state index contributed by atoms with van der Waals surface area (Å²) in [6.45, 7) is 5.26. The average Bonchev–Trinajstić information content (AvgIpc) is 2.78. The molecule has 2 aromatic rings. The van der Waals surface area contributed by atoms with E-state index in [2.05, 4.69) is 10.3 Å². The number of hydrogen-bond donors (Lipinski definition) is 3. The first-order chi connectivity index (χ1) is 10.2. The van der Waals surface area contributed by atoms with E-state index in [0.717, 1.165) is 0 Å². The predicted molar refractivity (Wildman–Crippen MR) is 80.1 cm³/mol. The maximum absolute atomic E-state index is 11.7. The number of aromatic nitrogens is 1. The van der Waals surface area contributed by atoms with Crippen LogP contribution in [0.3, 0.4) is 0 Å². The van der Waals surface area contributed by atoms with Gasteiger partial charge in [0.1, 0.15) is 5.60 Å². The second kappa shape index (κ2) is 5.51. The van der Waals surface area contributed by atoms with Gasteiger partial charge in [0.15, 0.2) is 0 Å². The van der Waals surface area contributed by atoms with E-state index in [1.54, 1.807) is 39.0 Å². The van der Waals surface area contributed by atoms with Crippen LogP contribution in [0, 0.1) is 0 Å². The highest BCUT2D eigenvalue weighted by molar-refractivity contribution is 6.42. The molecule has 116 valence electrons. The van der Waals surface area contributed by atoms with Gasteiger partial charge in [0.2, 0.25) is 0 Å². The lowest BCUT2D eigenvalue weighted by Crippen LogP contribution is -2.27. The number of aromatic amines is 1. The van der Waals surface area contributed by atoms with Crippen molar-refractivity contribution in [1.82, 2.24) is 4.98 Å². The molecule has 7 heteroatoms. The number of aliphatic carboxylic acids is 1. The van der Waals surface area contributed by atoms with Crippen molar-refractivity contribution in [1.29, 1.82) is 0 Å². The first kappa shape index (κ1) is 15.6. The molecule has 0 aliphatic carbocycles. The number of amides is 1. The highest BCUT2D eigenvalue weighted by atomic mass is 16.6. The van der Waals surface area contributed by atoms with E-state index in [1.165, 1.54) is 6.20 Å². The van der Waals surface area contributed by atoms with E-state index in [9.17, 15) is 14.4 Å². The van der Waals surface area contributed by atoms with E-state index in [0.29, 0.717) is 16.6 Å². The molecule has 0 atom stereocenters. The molecule has 0 unspecified atom stereocenters. The molecule has 0 saturated heterocycles. The molecule has 1 heterocycles. The molecule has 0 fully saturated rings. The fraction of sp³-hybridized carbons (Fsp3) is 0.267. The molecule has 3 N–H and O–H groups in total. The summed E-state index contributed by atoms with van der Waals surface area (Å²) >= 11 is 0. The third kappa shape index (κ3) is 3.43. The Morgan fingerprint density at radius 3 is 2.50 bits per heavy atom. The number of carboxylic acids is 1. The van der Waals surface area contributed by atoms with Crippen molar-refractivity contribution >= 4 is 34.4 Å². The molecular weight excluding hydrogens is 288 g/mol. The minimum absolute atomic E-state index is 0.0753. The van der Waals surface area contributed by atoms with Gasteiger partial charge in [0.05, 0.1) is 5.56 Å². The summed E-state index contributed by atoms with van der Waals surface area (Å²) in [6.07, 6.45) is 0.735. The van der Waals surface area contributed by atoms with Gasteiger partial charge in [-0.15, -0.1) is 0 Å². The second-order valence-corrected chi connectivity index (χ2v) is 5.72. The Balaban J connectivity index is 2.24. The summed E-state index contributed by atoms with van der Waals surface area (Å²) in [6, 6.07) is 4.73. The zero-order valence-corrected chi connectivity index (χ0v) is 12.4. The number of nitrogens with one attached hydrogen (secondary N) is 2. The van der Waals surface area contributed by atoms with E-state index < -0.39 is 23.4 Å². The van der Waals surface area contributed by atoms with Gasteiger partial charge in [0, 0.05) is 22.8 Å². The zero-order valence-electron chi connectivity index (χ0n) is 12.4. The largest absolute Gasteiger partial charge is 0.475 e. The van der Waals surface area contributed by atoms with E-state index in [1.807, 2.05) is 0 Å². The van der Waals surface area contributed by atoms with Gasteiger partial charge in [-0.3, -0.25) is 10.1 Å². The predicted octanol–water partition coefficient (Wildman–Crippen LogP) is 2.78. The fourth-order valence-electron chi connectivity index (χ4n) is 1.93. The Bertz CT molecular complexity index is 755. The van der Waals surface area contributed by atoms with E-state index in [4.69, 9.17) is 9.84 Å². The number of anilines is 1. The number of carbonyl (C=O) groups excluding carboxylic acids is 2. The van der Waals surface area contributed by atoms with Gasteiger partial charge in [0.25, 0.3) is 5.78 Å². The maximum atomic E-state index is 11.7. The van der Waals surface area contributed by atoms with Gasteiger partial charge in [-0.1, -0.05) is 6.07 Å². The summed E-state index contributed by atoms with van der Waals surface area (Å²) in [7, 11) is 0. The van der Waals surface area contributed by atoms with Crippen LogP contribution in [0.25, 0.3) is 10.9 Å². The summed E-state index contributed by atoms with van der Waals surface area (Å²) < 4.78 is 5.14. The van der Waals surface area contributed by atoms with Gasteiger partial charge in [-0.2, -0.15) is 0 Å². The lowest BCUT2D eigenvalue weighted by atomic mass is 10.1. The SMILES string of the molecule is CC(C)(C)OC(=O)Nc1ccc2c(C(=O)C(=O)O)c[nH]c2c1. The minimum atomic E-state index is -1.52. The number of carboxylic acid groups (broad SMARTS) is 1. The highest BCUT2D eigenvalue weighted by Crippen LogP contribution is 2.23. The summed E-state index contributed by atoms with van der Waals surface area (Å²) in [5.41, 5.74) is 0.476. The lowest BCUT2D eigenvalue weighted by Gasteiger charge is -2.19. The Morgan fingerprint density at radius 2 is 1.91 bits per heavy atom. The van der Waals surface area contributed by atoms with Crippen LogP contribution in [-0.4, -0.2) is 33.5 Å². The van der Waals surface area contributed by atoms with Crippen molar-refractivity contribution in [3.05, 3.63) is 30.0 Å². The van der Waals surface area contributed by atoms with Gasteiger partial charge in [-0.05, 0) is 32.9 Å². The number of hydrogen-bond acceptors (Lipinski definition) is 4. The molecule has 0 bridgehead atoms. The van der Waals surface area contributed by atoms with Crippen LogP contribution in [0.15, 0.2) is 24.4 Å². The van der Waals surface area contributed by atoms with E-state index in [-0.39, 0.29) is 5.56 Å². The summed E-state index contributed by atoms with van der Waals surface area (Å²) in [5.74, 6) is -2.50. The van der Waals surface area contributed by atoms with Crippen molar-refractivity contribution < 1.29 is 24.2 Å². The number of benzene rings is 1. The third-order valence-electron chi connectivity index (χ3n) is 2.77. The molecular formula is C15H16N2O5. The molecule has 1 aromatic carbocycles. The number of ether oxygens (including phenoxy) is 1. The van der Waals surface area contributed by atoms with Crippen molar-refractivity contribution in [2.45, 2.75) is 26.4 Å². The second-order valence-electron chi connectivity index (χ2n) is 5.72. The van der Waals surface area contributed by atoms with Crippen LogP contribution in [0.5, 0.6) is 0 Å². The Morgan fingerprint density at radius 1 is 1.23 bits per heavy atom. The molecule has 0 aliphatic heterocycles. The topological polar surface area (TPSA) is 108 Å².